The van der Waals surface area contributed by atoms with Crippen LogP contribution in [0.3, 0.4) is 0 Å². The summed E-state index contributed by atoms with van der Waals surface area (Å²) in [5.41, 5.74) is 0.686. The third-order valence-electron chi connectivity index (χ3n) is 4.23. The number of non-ortho nitro benzene ring substituents is 1. The molecule has 2 rings (SSSR count). The number of hydrogen-bond donors (Lipinski definition) is 1. The van der Waals surface area contributed by atoms with Gasteiger partial charge in [-0.1, -0.05) is 6.92 Å². The topological polar surface area (TPSA) is 125 Å². The SMILES string of the molecule is CCCOc1ccc(C(=O)CCC(=O)OC(C)C(=O)Nc2ccc([N+](=O)[O-])cc2)cc1. The summed E-state index contributed by atoms with van der Waals surface area (Å²) in [6.45, 7) is 3.99. The van der Waals surface area contributed by atoms with Gasteiger partial charge in [0.25, 0.3) is 11.6 Å². The van der Waals surface area contributed by atoms with Crippen LogP contribution in [0.1, 0.15) is 43.5 Å². The predicted molar refractivity (Wildman–Crippen MR) is 113 cm³/mol. The van der Waals surface area contributed by atoms with Crippen molar-refractivity contribution in [3.63, 3.8) is 0 Å². The maximum atomic E-state index is 12.2. The number of nitro groups is 1. The van der Waals surface area contributed by atoms with Crippen molar-refractivity contribution in [2.45, 2.75) is 39.2 Å². The lowest BCUT2D eigenvalue weighted by Crippen LogP contribution is -2.30. The number of nitrogens with one attached hydrogen (secondary N) is 1. The van der Waals surface area contributed by atoms with Crippen LogP contribution >= 0.6 is 0 Å². The number of benzene rings is 2. The number of nitro benzene ring substituents is 1. The summed E-state index contributed by atoms with van der Waals surface area (Å²) in [5, 5.41) is 13.2. The van der Waals surface area contributed by atoms with Gasteiger partial charge in [-0.3, -0.25) is 24.5 Å². The van der Waals surface area contributed by atoms with Gasteiger partial charge in [0.15, 0.2) is 11.9 Å². The molecule has 0 fully saturated rings. The molecule has 1 atom stereocenters. The number of Topliss-reactive ketones (excluding diaryl/α,β-unsaturated/α-hetero) is 1. The van der Waals surface area contributed by atoms with E-state index in [-0.39, 0.29) is 24.3 Å². The van der Waals surface area contributed by atoms with Crippen LogP contribution in [0.2, 0.25) is 0 Å². The van der Waals surface area contributed by atoms with Crippen LogP contribution in [-0.4, -0.2) is 35.3 Å². The minimum atomic E-state index is -1.09. The van der Waals surface area contributed by atoms with Gasteiger partial charge in [-0.05, 0) is 49.7 Å². The number of nitrogens with zero attached hydrogens (tertiary/aromatic N) is 1. The van der Waals surface area contributed by atoms with Gasteiger partial charge < -0.3 is 14.8 Å². The number of rotatable bonds is 11. The second kappa shape index (κ2) is 11.4. The van der Waals surface area contributed by atoms with E-state index < -0.39 is 22.9 Å². The second-order valence-corrected chi connectivity index (χ2v) is 6.72. The number of ether oxygens (including phenoxy) is 2. The number of hydrogen-bond acceptors (Lipinski definition) is 7. The maximum absolute atomic E-state index is 12.2. The Kier molecular flexibility index (Phi) is 8.68. The van der Waals surface area contributed by atoms with Gasteiger partial charge in [-0.2, -0.15) is 0 Å². The quantitative estimate of drug-likeness (QED) is 0.249. The molecule has 0 aliphatic carbocycles. The summed E-state index contributed by atoms with van der Waals surface area (Å²) in [6.07, 6.45) is -0.423. The molecule has 9 nitrogen and oxygen atoms in total. The van der Waals surface area contributed by atoms with Crippen molar-refractivity contribution in [1.29, 1.82) is 0 Å². The molecule has 0 aromatic heterocycles. The van der Waals surface area contributed by atoms with Gasteiger partial charge in [0, 0.05) is 29.8 Å². The Morgan fingerprint density at radius 3 is 2.26 bits per heavy atom. The Morgan fingerprint density at radius 1 is 1.03 bits per heavy atom. The molecule has 0 saturated carbocycles. The lowest BCUT2D eigenvalue weighted by atomic mass is 10.1. The van der Waals surface area contributed by atoms with Gasteiger partial charge in [0.05, 0.1) is 18.0 Å². The van der Waals surface area contributed by atoms with Crippen LogP contribution in [0.5, 0.6) is 5.75 Å². The number of amides is 1. The average Bonchev–Trinajstić information content (AvgIpc) is 2.76. The Bertz CT molecular complexity index is 924. The Morgan fingerprint density at radius 2 is 1.68 bits per heavy atom. The molecule has 164 valence electrons. The molecule has 0 aliphatic heterocycles. The fourth-order valence-corrected chi connectivity index (χ4v) is 2.54. The minimum absolute atomic E-state index is 0.0509. The Hall–Kier alpha value is -3.75. The molecule has 2 aromatic carbocycles. The van der Waals surface area contributed by atoms with E-state index in [0.717, 1.165) is 6.42 Å². The summed E-state index contributed by atoms with van der Waals surface area (Å²) in [5.74, 6) is -0.813. The molecule has 9 heteroatoms. The van der Waals surface area contributed by atoms with Crippen LogP contribution in [0, 0.1) is 10.1 Å². The van der Waals surface area contributed by atoms with Gasteiger partial charge in [-0.15, -0.1) is 0 Å². The highest BCUT2D eigenvalue weighted by molar-refractivity contribution is 5.98. The van der Waals surface area contributed by atoms with Gasteiger partial charge in [0.2, 0.25) is 0 Å². The zero-order chi connectivity index (χ0) is 22.8. The molecular weight excluding hydrogens is 404 g/mol. The molecule has 0 aliphatic rings. The van der Waals surface area contributed by atoms with Crippen molar-refractivity contribution in [3.8, 4) is 5.75 Å². The van der Waals surface area contributed by atoms with E-state index in [9.17, 15) is 24.5 Å². The Labute approximate surface area is 179 Å². The first-order valence-electron chi connectivity index (χ1n) is 9.81. The first-order chi connectivity index (χ1) is 14.8. The zero-order valence-corrected chi connectivity index (χ0v) is 17.3. The first-order valence-corrected chi connectivity index (χ1v) is 9.81. The summed E-state index contributed by atoms with van der Waals surface area (Å²) >= 11 is 0. The normalized spacial score (nSPS) is 11.3. The summed E-state index contributed by atoms with van der Waals surface area (Å²) in [6, 6.07) is 11.9. The van der Waals surface area contributed by atoms with Crippen molar-refractivity contribution in [2.24, 2.45) is 0 Å². The highest BCUT2D eigenvalue weighted by atomic mass is 16.6. The smallest absolute Gasteiger partial charge is 0.307 e. The van der Waals surface area contributed by atoms with Crippen LogP contribution in [-0.2, 0) is 14.3 Å². The molecule has 0 saturated heterocycles. The van der Waals surface area contributed by atoms with Crippen molar-refractivity contribution in [3.05, 3.63) is 64.2 Å². The third-order valence-corrected chi connectivity index (χ3v) is 4.23. The van der Waals surface area contributed by atoms with E-state index in [2.05, 4.69) is 5.32 Å². The van der Waals surface area contributed by atoms with E-state index in [1.165, 1.54) is 31.2 Å². The minimum Gasteiger partial charge on any atom is -0.494 e. The van der Waals surface area contributed by atoms with Crippen molar-refractivity contribution >= 4 is 29.0 Å². The van der Waals surface area contributed by atoms with Crippen molar-refractivity contribution in [2.75, 3.05) is 11.9 Å². The molecule has 2 aromatic rings. The van der Waals surface area contributed by atoms with E-state index in [0.29, 0.717) is 23.6 Å². The lowest BCUT2D eigenvalue weighted by Gasteiger charge is -2.13. The maximum Gasteiger partial charge on any atom is 0.307 e. The fraction of sp³-hybridized carbons (Fsp3) is 0.318. The summed E-state index contributed by atoms with van der Waals surface area (Å²) in [4.78, 5) is 46.5. The molecule has 1 N–H and O–H groups in total. The van der Waals surface area contributed by atoms with Crippen molar-refractivity contribution < 1.29 is 28.8 Å². The number of carbonyl (C=O) groups is 3. The van der Waals surface area contributed by atoms with E-state index in [4.69, 9.17) is 9.47 Å². The van der Waals surface area contributed by atoms with E-state index in [1.807, 2.05) is 6.92 Å². The molecular formula is C22H24N2O7. The number of anilines is 1. The van der Waals surface area contributed by atoms with Crippen LogP contribution < -0.4 is 10.1 Å². The van der Waals surface area contributed by atoms with E-state index in [1.54, 1.807) is 24.3 Å². The second-order valence-electron chi connectivity index (χ2n) is 6.72. The monoisotopic (exact) mass is 428 g/mol. The molecule has 1 unspecified atom stereocenters. The van der Waals surface area contributed by atoms with Crippen LogP contribution in [0.25, 0.3) is 0 Å². The molecule has 0 heterocycles. The molecule has 0 radical (unpaired) electrons. The predicted octanol–water partition coefficient (Wildman–Crippen LogP) is 3.92. The molecule has 0 spiro atoms. The highest BCUT2D eigenvalue weighted by Crippen LogP contribution is 2.17. The molecule has 31 heavy (non-hydrogen) atoms. The Balaban J connectivity index is 1.78. The van der Waals surface area contributed by atoms with Crippen LogP contribution in [0.4, 0.5) is 11.4 Å². The number of carbonyl (C=O) groups excluding carboxylic acids is 3. The van der Waals surface area contributed by atoms with Gasteiger partial charge in [0.1, 0.15) is 5.75 Å². The largest absolute Gasteiger partial charge is 0.494 e. The van der Waals surface area contributed by atoms with Gasteiger partial charge >= 0.3 is 5.97 Å². The van der Waals surface area contributed by atoms with Gasteiger partial charge in [-0.25, -0.2) is 0 Å². The zero-order valence-electron chi connectivity index (χ0n) is 17.3. The average molecular weight is 428 g/mol. The van der Waals surface area contributed by atoms with E-state index >= 15 is 0 Å². The van der Waals surface area contributed by atoms with Crippen LogP contribution in [0.15, 0.2) is 48.5 Å². The van der Waals surface area contributed by atoms with Crippen molar-refractivity contribution in [1.82, 2.24) is 0 Å². The lowest BCUT2D eigenvalue weighted by molar-refractivity contribution is -0.384. The third kappa shape index (κ3) is 7.54. The first kappa shape index (κ1) is 23.5. The standard InChI is InChI=1S/C22H24N2O7/c1-3-14-30-19-10-4-16(5-11-19)20(25)12-13-21(26)31-15(2)22(27)23-17-6-8-18(9-7-17)24(28)29/h4-11,15H,3,12-14H2,1-2H3,(H,23,27). The summed E-state index contributed by atoms with van der Waals surface area (Å²) in [7, 11) is 0. The number of esters is 1. The molecule has 1 amide bonds. The number of ketones is 1. The summed E-state index contributed by atoms with van der Waals surface area (Å²) < 4.78 is 10.5. The molecule has 0 bridgehead atoms. The fourth-order valence-electron chi connectivity index (χ4n) is 2.54. The highest BCUT2D eigenvalue weighted by Gasteiger charge is 2.19.